The third-order valence-electron chi connectivity index (χ3n) is 7.92. The van der Waals surface area contributed by atoms with Crippen LogP contribution in [0.25, 0.3) is 0 Å². The average molecular weight is 596 g/mol. The number of hydrogen-bond acceptors (Lipinski definition) is 7. The first kappa shape index (κ1) is 37.9. The number of piperidine rings is 1. The Morgan fingerprint density at radius 3 is 2.07 bits per heavy atom. The Bertz CT molecular complexity index is 1090. The van der Waals surface area contributed by atoms with E-state index in [9.17, 15) is 4.79 Å². The van der Waals surface area contributed by atoms with Gasteiger partial charge in [-0.3, -0.25) is 15.1 Å². The molecule has 0 aromatic heterocycles. The molecule has 2 aromatic rings. The number of benzene rings is 2. The van der Waals surface area contributed by atoms with Crippen LogP contribution in [-0.2, 0) is 4.79 Å². The lowest BCUT2D eigenvalue weighted by Crippen LogP contribution is -2.39. The number of likely N-dealkylation sites (tertiary alicyclic amines) is 1. The number of Topliss-reactive ketones (excluding diaryl/α,β-unsaturated/α-hetero) is 1. The highest BCUT2D eigenvalue weighted by Gasteiger charge is 2.32. The van der Waals surface area contributed by atoms with Gasteiger partial charge in [-0.05, 0) is 63.2 Å². The molecule has 4 N–H and O–H groups in total. The molecule has 43 heavy (non-hydrogen) atoms. The van der Waals surface area contributed by atoms with Gasteiger partial charge in [-0.25, -0.2) is 5.53 Å². The highest BCUT2D eigenvalue weighted by molar-refractivity contribution is 5.87. The van der Waals surface area contributed by atoms with Crippen LogP contribution in [0.1, 0.15) is 110 Å². The average Bonchev–Trinajstić information content (AvgIpc) is 3.01. The van der Waals surface area contributed by atoms with Crippen LogP contribution in [0.3, 0.4) is 0 Å². The Hall–Kier alpha value is -3.10. The van der Waals surface area contributed by atoms with Crippen LogP contribution in [0.2, 0.25) is 0 Å². The lowest BCUT2D eigenvalue weighted by atomic mass is 9.88. The van der Waals surface area contributed by atoms with Crippen molar-refractivity contribution in [2.45, 2.75) is 104 Å². The molecule has 1 heterocycles. The number of nitrogens with one attached hydrogen (secondary N) is 2. The summed E-state index contributed by atoms with van der Waals surface area (Å²) in [5.41, 5.74) is 15.2. The van der Waals surface area contributed by atoms with Crippen LogP contribution in [0.5, 0.6) is 11.5 Å². The van der Waals surface area contributed by atoms with E-state index >= 15 is 0 Å². The van der Waals surface area contributed by atoms with Crippen molar-refractivity contribution in [3.05, 3.63) is 59.7 Å². The summed E-state index contributed by atoms with van der Waals surface area (Å²) in [5, 5.41) is 11.7. The second kappa shape index (κ2) is 20.0. The van der Waals surface area contributed by atoms with Gasteiger partial charge in [-0.15, -0.1) is 5.11 Å². The van der Waals surface area contributed by atoms with E-state index < -0.39 is 6.04 Å². The fourth-order valence-electron chi connectivity index (χ4n) is 4.90. The predicted molar refractivity (Wildman–Crippen MR) is 178 cm³/mol. The topological polar surface area (TPSA) is 125 Å². The summed E-state index contributed by atoms with van der Waals surface area (Å²) in [6.07, 6.45) is 8.23. The normalized spacial score (nSPS) is 15.1. The first-order chi connectivity index (χ1) is 20.4. The van der Waals surface area contributed by atoms with E-state index in [0.717, 1.165) is 31.5 Å². The second-order valence-electron chi connectivity index (χ2n) is 12.2. The minimum Gasteiger partial charge on any atom is -0.493 e. The highest BCUT2D eigenvalue weighted by Crippen LogP contribution is 2.40. The van der Waals surface area contributed by atoms with E-state index in [1.54, 1.807) is 21.1 Å². The first-order valence-corrected chi connectivity index (χ1v) is 15.7. The van der Waals surface area contributed by atoms with Gasteiger partial charge in [0.2, 0.25) is 0 Å². The van der Waals surface area contributed by atoms with Crippen molar-refractivity contribution in [2.75, 3.05) is 27.3 Å². The molecule has 1 aliphatic rings. The molecule has 2 atom stereocenters. The molecule has 1 aliphatic heterocycles. The summed E-state index contributed by atoms with van der Waals surface area (Å²) < 4.78 is 11.0. The van der Waals surface area contributed by atoms with Crippen LogP contribution in [-0.4, -0.2) is 49.9 Å². The number of nitrogens with two attached hydrogens (primary N) is 1. The molecule has 0 bridgehead atoms. The maximum absolute atomic E-state index is 10.5. The van der Waals surface area contributed by atoms with Crippen molar-refractivity contribution >= 4 is 11.6 Å². The lowest BCUT2D eigenvalue weighted by Gasteiger charge is -2.37. The molecular formula is C35H57N5O3. The van der Waals surface area contributed by atoms with Crippen LogP contribution in [0, 0.1) is 16.4 Å². The van der Waals surface area contributed by atoms with Crippen molar-refractivity contribution in [2.24, 2.45) is 16.3 Å². The van der Waals surface area contributed by atoms with Crippen LogP contribution in [0.4, 0.5) is 0 Å². The molecule has 240 valence electrons. The van der Waals surface area contributed by atoms with Gasteiger partial charge in [0, 0.05) is 17.0 Å². The summed E-state index contributed by atoms with van der Waals surface area (Å²) in [6.45, 7) is 13.4. The quantitative estimate of drug-likeness (QED) is 0.136. The predicted octanol–water partition coefficient (Wildman–Crippen LogP) is 8.56. The number of nitrogens with zero attached hydrogens (tertiary/aromatic N) is 2. The number of amidine groups is 1. The molecular weight excluding hydrogens is 538 g/mol. The van der Waals surface area contributed by atoms with Gasteiger partial charge in [0.05, 0.1) is 14.2 Å². The smallest absolute Gasteiger partial charge is 0.165 e. The van der Waals surface area contributed by atoms with E-state index in [0.29, 0.717) is 23.5 Å². The fourth-order valence-corrected chi connectivity index (χ4v) is 4.90. The molecule has 0 amide bonds. The number of carbonyl (C=O) groups is 1. The summed E-state index contributed by atoms with van der Waals surface area (Å²) in [6, 6.07) is 16.3. The maximum atomic E-state index is 10.5. The monoisotopic (exact) mass is 595 g/mol. The molecule has 8 nitrogen and oxygen atoms in total. The minimum atomic E-state index is -0.413. The third kappa shape index (κ3) is 13.0. The van der Waals surface area contributed by atoms with E-state index in [1.165, 1.54) is 37.7 Å². The Kier molecular flexibility index (Phi) is 17.6. The van der Waals surface area contributed by atoms with Crippen LogP contribution in [0.15, 0.2) is 53.6 Å². The SMILES string of the molecule is CC(=O)C(C)(C)C.CCCCC(N)CCC.COc1cccc(C(C(=N)N=N)N2CCC(c3ccccc3)CC2)c1OC. The second-order valence-corrected chi connectivity index (χ2v) is 12.2. The van der Waals surface area contributed by atoms with E-state index in [4.69, 9.17) is 26.1 Å². The van der Waals surface area contributed by atoms with Crippen LogP contribution < -0.4 is 15.2 Å². The van der Waals surface area contributed by atoms with Gasteiger partial charge >= 0.3 is 0 Å². The fraction of sp³-hybridized carbons (Fsp3) is 0.600. The number of ether oxygens (including phenoxy) is 2. The van der Waals surface area contributed by atoms with Crippen molar-refractivity contribution in [1.82, 2.24) is 4.90 Å². The summed E-state index contributed by atoms with van der Waals surface area (Å²) in [7, 11) is 3.20. The van der Waals surface area contributed by atoms with Crippen LogP contribution >= 0.6 is 0 Å². The number of para-hydroxylation sites is 1. The number of rotatable bonds is 11. The standard InChI is InChI=1S/C21H26N4O2.C8H19N.C6H12O/c1-26-18-10-6-9-17(20(18)27-2)19(21(22)24-23)25-13-11-16(12-14-25)15-7-4-3-5-8-15;1-3-5-7-8(9)6-4-2;1-5(7)6(2,3)4/h3-10,16,19,22-23H,11-14H2,1-2H3;8H,3-7,9H2,1-2H3;1-4H3. The lowest BCUT2D eigenvalue weighted by molar-refractivity contribution is -0.124. The Morgan fingerprint density at radius 2 is 1.60 bits per heavy atom. The Balaban J connectivity index is 0.000000476. The zero-order valence-electron chi connectivity index (χ0n) is 27.9. The van der Waals surface area contributed by atoms with Gasteiger partial charge in [-0.2, -0.15) is 0 Å². The number of unbranched alkanes of at least 4 members (excludes halogenated alkanes) is 1. The molecule has 1 fully saturated rings. The number of hydrogen-bond donors (Lipinski definition) is 3. The maximum Gasteiger partial charge on any atom is 0.165 e. The van der Waals surface area contributed by atoms with E-state index in [2.05, 4.69) is 48.1 Å². The van der Waals surface area contributed by atoms with E-state index in [-0.39, 0.29) is 17.0 Å². The van der Waals surface area contributed by atoms with Crippen molar-refractivity contribution in [3.8, 4) is 11.5 Å². The number of ketones is 1. The van der Waals surface area contributed by atoms with Gasteiger partial charge in [-0.1, -0.05) is 96.3 Å². The first-order valence-electron chi connectivity index (χ1n) is 15.7. The van der Waals surface area contributed by atoms with E-state index in [1.807, 2.05) is 45.0 Å². The molecule has 0 spiro atoms. The van der Waals surface area contributed by atoms with Gasteiger partial charge in [0.15, 0.2) is 17.3 Å². The summed E-state index contributed by atoms with van der Waals surface area (Å²) in [4.78, 5) is 12.7. The molecule has 2 aromatic carbocycles. The van der Waals surface area contributed by atoms with Crippen molar-refractivity contribution < 1.29 is 14.3 Å². The summed E-state index contributed by atoms with van der Waals surface area (Å²) >= 11 is 0. The van der Waals surface area contributed by atoms with Crippen molar-refractivity contribution in [3.63, 3.8) is 0 Å². The largest absolute Gasteiger partial charge is 0.493 e. The Labute approximate surface area is 260 Å². The zero-order valence-corrected chi connectivity index (χ0v) is 27.9. The van der Waals surface area contributed by atoms with Gasteiger partial charge < -0.3 is 15.2 Å². The minimum absolute atomic E-state index is 0.0136. The number of carbonyl (C=O) groups excluding carboxylic acids is 1. The number of methoxy groups -OCH3 is 2. The molecule has 3 rings (SSSR count). The van der Waals surface area contributed by atoms with Gasteiger partial charge in [0.25, 0.3) is 0 Å². The highest BCUT2D eigenvalue weighted by atomic mass is 16.5. The molecule has 2 unspecified atom stereocenters. The molecule has 0 radical (unpaired) electrons. The summed E-state index contributed by atoms with van der Waals surface area (Å²) in [5.74, 6) is 2.00. The third-order valence-corrected chi connectivity index (χ3v) is 7.92. The Morgan fingerprint density at radius 1 is 1.00 bits per heavy atom. The van der Waals surface area contributed by atoms with Crippen molar-refractivity contribution in [1.29, 1.82) is 10.9 Å². The molecule has 8 heteroatoms. The molecule has 0 saturated carbocycles. The van der Waals surface area contributed by atoms with Gasteiger partial charge in [0.1, 0.15) is 11.8 Å². The zero-order chi connectivity index (χ0) is 32.4. The molecule has 0 aliphatic carbocycles. The molecule has 1 saturated heterocycles.